The molecule has 0 bridgehead atoms. The predicted molar refractivity (Wildman–Crippen MR) is 102 cm³/mol. The Labute approximate surface area is 161 Å². The third kappa shape index (κ3) is 4.16. The molecule has 1 aliphatic rings. The zero-order chi connectivity index (χ0) is 19.6. The van der Waals surface area contributed by atoms with Crippen LogP contribution in [0.3, 0.4) is 0 Å². The number of piperidine rings is 1. The van der Waals surface area contributed by atoms with Crippen molar-refractivity contribution in [1.82, 2.24) is 9.88 Å². The van der Waals surface area contributed by atoms with Gasteiger partial charge in [-0.3, -0.25) is 9.59 Å². The number of nitrogens with zero attached hydrogens (tertiary/aromatic N) is 2. The highest BCUT2D eigenvalue weighted by molar-refractivity contribution is 7.11. The molecule has 27 heavy (non-hydrogen) atoms. The van der Waals surface area contributed by atoms with E-state index < -0.39 is 12.0 Å². The number of carbonyl (C=O) groups is 3. The minimum absolute atomic E-state index is 0.331. The molecule has 2 N–H and O–H groups in total. The maximum atomic E-state index is 12.8. The number of carbonyl (C=O) groups excluding carboxylic acids is 2. The van der Waals surface area contributed by atoms with Crippen molar-refractivity contribution in [2.75, 3.05) is 11.9 Å². The second kappa shape index (κ2) is 7.87. The third-order valence-electron chi connectivity index (χ3n) is 4.53. The maximum Gasteiger partial charge on any atom is 0.326 e. The van der Waals surface area contributed by atoms with Crippen LogP contribution in [0.1, 0.15) is 50.0 Å². The lowest BCUT2D eigenvalue weighted by Gasteiger charge is -2.33. The van der Waals surface area contributed by atoms with Crippen LogP contribution in [0.25, 0.3) is 0 Å². The molecule has 2 heterocycles. The predicted octanol–water partition coefficient (Wildman–Crippen LogP) is 3.09. The SMILES string of the molecule is Cc1nc(C(=O)Nc2cccc(C(=O)N3CCCCC3C(=O)O)c2)c(C)s1. The van der Waals surface area contributed by atoms with Crippen molar-refractivity contribution >= 4 is 34.8 Å². The van der Waals surface area contributed by atoms with Crippen molar-refractivity contribution in [3.8, 4) is 0 Å². The van der Waals surface area contributed by atoms with Gasteiger partial charge in [-0.05, 0) is 51.3 Å². The van der Waals surface area contributed by atoms with Gasteiger partial charge < -0.3 is 15.3 Å². The zero-order valence-corrected chi connectivity index (χ0v) is 16.0. The fraction of sp³-hybridized carbons (Fsp3) is 0.368. The largest absolute Gasteiger partial charge is 0.480 e. The monoisotopic (exact) mass is 387 g/mol. The Balaban J connectivity index is 1.78. The smallest absolute Gasteiger partial charge is 0.326 e. The summed E-state index contributed by atoms with van der Waals surface area (Å²) in [5.74, 6) is -1.65. The third-order valence-corrected chi connectivity index (χ3v) is 5.42. The molecule has 1 aromatic carbocycles. The Morgan fingerprint density at radius 2 is 2.04 bits per heavy atom. The van der Waals surface area contributed by atoms with Crippen LogP contribution < -0.4 is 5.32 Å². The summed E-state index contributed by atoms with van der Waals surface area (Å²) in [5.41, 5.74) is 1.20. The van der Waals surface area contributed by atoms with Gasteiger partial charge in [-0.15, -0.1) is 11.3 Å². The van der Waals surface area contributed by atoms with Crippen molar-refractivity contribution in [2.24, 2.45) is 0 Å². The Morgan fingerprint density at radius 1 is 1.26 bits per heavy atom. The average molecular weight is 387 g/mol. The van der Waals surface area contributed by atoms with Crippen LogP contribution in [0, 0.1) is 13.8 Å². The standard InChI is InChI=1S/C19H21N3O4S/c1-11-16(20-12(2)27-11)17(23)21-14-7-5-6-13(10-14)18(24)22-9-4-3-8-15(22)19(25)26/h5-7,10,15H,3-4,8-9H2,1-2H3,(H,21,23)(H,25,26). The van der Waals surface area contributed by atoms with E-state index in [2.05, 4.69) is 10.3 Å². The molecule has 142 valence electrons. The first-order valence-electron chi connectivity index (χ1n) is 8.76. The van der Waals surface area contributed by atoms with E-state index >= 15 is 0 Å². The van der Waals surface area contributed by atoms with Crippen LogP contribution in [-0.4, -0.2) is 45.4 Å². The van der Waals surface area contributed by atoms with Crippen LogP contribution in [0.5, 0.6) is 0 Å². The van der Waals surface area contributed by atoms with E-state index in [0.717, 1.165) is 22.7 Å². The van der Waals surface area contributed by atoms with E-state index in [4.69, 9.17) is 0 Å². The fourth-order valence-electron chi connectivity index (χ4n) is 3.26. The van der Waals surface area contributed by atoms with Crippen LogP contribution >= 0.6 is 11.3 Å². The number of rotatable bonds is 4. The normalized spacial score (nSPS) is 16.8. The molecule has 1 aliphatic heterocycles. The highest BCUT2D eigenvalue weighted by atomic mass is 32.1. The molecule has 1 atom stereocenters. The van der Waals surface area contributed by atoms with Gasteiger partial charge in [0.25, 0.3) is 11.8 Å². The van der Waals surface area contributed by atoms with Crippen LogP contribution in [0.4, 0.5) is 5.69 Å². The van der Waals surface area contributed by atoms with E-state index in [0.29, 0.717) is 29.9 Å². The van der Waals surface area contributed by atoms with Gasteiger partial charge in [0, 0.05) is 22.7 Å². The number of aliphatic carboxylic acids is 1. The molecule has 0 spiro atoms. The van der Waals surface area contributed by atoms with Gasteiger partial charge in [0.15, 0.2) is 0 Å². The molecule has 0 saturated carbocycles. The highest BCUT2D eigenvalue weighted by Gasteiger charge is 2.32. The van der Waals surface area contributed by atoms with Gasteiger partial charge in [0.2, 0.25) is 0 Å². The maximum absolute atomic E-state index is 12.8. The molecule has 0 radical (unpaired) electrons. The summed E-state index contributed by atoms with van der Waals surface area (Å²) in [4.78, 5) is 43.2. The zero-order valence-electron chi connectivity index (χ0n) is 15.2. The summed E-state index contributed by atoms with van der Waals surface area (Å²) in [7, 11) is 0. The molecule has 7 nitrogen and oxygen atoms in total. The number of aryl methyl sites for hydroxylation is 2. The van der Waals surface area contributed by atoms with Gasteiger partial charge in [0.1, 0.15) is 11.7 Å². The average Bonchev–Trinajstić information content (AvgIpc) is 2.99. The first-order chi connectivity index (χ1) is 12.9. The van der Waals surface area contributed by atoms with E-state index in [-0.39, 0.29) is 11.8 Å². The summed E-state index contributed by atoms with van der Waals surface area (Å²) >= 11 is 1.45. The molecule has 1 saturated heterocycles. The van der Waals surface area contributed by atoms with E-state index in [1.165, 1.54) is 16.2 Å². The number of carboxylic acids is 1. The fourth-order valence-corrected chi connectivity index (χ4v) is 4.07. The van der Waals surface area contributed by atoms with Crippen molar-refractivity contribution in [2.45, 2.75) is 39.2 Å². The minimum Gasteiger partial charge on any atom is -0.480 e. The first-order valence-corrected chi connectivity index (χ1v) is 9.57. The minimum atomic E-state index is -0.984. The number of anilines is 1. The number of nitrogens with one attached hydrogen (secondary N) is 1. The number of thiazole rings is 1. The van der Waals surface area contributed by atoms with Crippen LogP contribution in [0.15, 0.2) is 24.3 Å². The highest BCUT2D eigenvalue weighted by Crippen LogP contribution is 2.22. The Hall–Kier alpha value is -2.74. The molecule has 1 fully saturated rings. The molecular weight excluding hydrogens is 366 g/mol. The lowest BCUT2D eigenvalue weighted by molar-refractivity contribution is -0.143. The molecule has 0 aliphatic carbocycles. The summed E-state index contributed by atoms with van der Waals surface area (Å²) < 4.78 is 0. The molecule has 1 unspecified atom stereocenters. The number of hydrogen-bond donors (Lipinski definition) is 2. The first kappa shape index (κ1) is 19.0. The summed E-state index contributed by atoms with van der Waals surface area (Å²) in [5, 5.41) is 12.9. The summed E-state index contributed by atoms with van der Waals surface area (Å²) in [6.45, 7) is 4.09. The van der Waals surface area contributed by atoms with Crippen LogP contribution in [0.2, 0.25) is 0 Å². The molecule has 2 amide bonds. The van der Waals surface area contributed by atoms with Gasteiger partial charge in [-0.2, -0.15) is 0 Å². The lowest BCUT2D eigenvalue weighted by atomic mass is 10.0. The quantitative estimate of drug-likeness (QED) is 0.840. The number of likely N-dealkylation sites (tertiary alicyclic amines) is 1. The Morgan fingerprint density at radius 3 is 2.70 bits per heavy atom. The molecule has 1 aromatic heterocycles. The van der Waals surface area contributed by atoms with Gasteiger partial charge in [0.05, 0.1) is 5.01 Å². The molecule has 2 aromatic rings. The topological polar surface area (TPSA) is 99.6 Å². The van der Waals surface area contributed by atoms with Crippen molar-refractivity contribution in [3.63, 3.8) is 0 Å². The van der Waals surface area contributed by atoms with Crippen molar-refractivity contribution in [3.05, 3.63) is 45.4 Å². The number of amides is 2. The second-order valence-electron chi connectivity index (χ2n) is 6.52. The molecule has 3 rings (SSSR count). The van der Waals surface area contributed by atoms with E-state index in [9.17, 15) is 19.5 Å². The van der Waals surface area contributed by atoms with Gasteiger partial charge in [-0.25, -0.2) is 9.78 Å². The van der Waals surface area contributed by atoms with Crippen molar-refractivity contribution < 1.29 is 19.5 Å². The number of carboxylic acid groups (broad SMARTS) is 1. The van der Waals surface area contributed by atoms with Gasteiger partial charge in [-0.1, -0.05) is 6.07 Å². The van der Waals surface area contributed by atoms with Crippen molar-refractivity contribution in [1.29, 1.82) is 0 Å². The number of aromatic nitrogens is 1. The molecule has 8 heteroatoms. The summed E-state index contributed by atoms with van der Waals surface area (Å²) in [6.07, 6.45) is 2.04. The van der Waals surface area contributed by atoms with E-state index in [1.807, 2.05) is 13.8 Å². The number of hydrogen-bond acceptors (Lipinski definition) is 5. The van der Waals surface area contributed by atoms with Crippen LogP contribution in [-0.2, 0) is 4.79 Å². The van der Waals surface area contributed by atoms with E-state index in [1.54, 1.807) is 24.3 Å². The Bertz CT molecular complexity index is 893. The Kier molecular flexibility index (Phi) is 5.55. The summed E-state index contributed by atoms with van der Waals surface area (Å²) in [6, 6.07) is 5.76. The second-order valence-corrected chi connectivity index (χ2v) is 7.93. The van der Waals surface area contributed by atoms with Gasteiger partial charge >= 0.3 is 5.97 Å². The molecular formula is C19H21N3O4S. The lowest BCUT2D eigenvalue weighted by Crippen LogP contribution is -2.48. The number of benzene rings is 1.